The second-order valence-electron chi connectivity index (χ2n) is 9.52. The number of aromatic nitrogens is 5. The van der Waals surface area contributed by atoms with Crippen molar-refractivity contribution in [3.8, 4) is 5.75 Å². The molecule has 0 spiro atoms. The van der Waals surface area contributed by atoms with Crippen molar-refractivity contribution in [1.82, 2.24) is 29.9 Å². The molecule has 0 bridgehead atoms. The first kappa shape index (κ1) is 24.1. The summed E-state index contributed by atoms with van der Waals surface area (Å²) in [6.07, 6.45) is 0.743. The van der Waals surface area contributed by atoms with E-state index in [4.69, 9.17) is 4.74 Å². The summed E-state index contributed by atoms with van der Waals surface area (Å²) in [6, 6.07) is 9.47. The van der Waals surface area contributed by atoms with Crippen LogP contribution >= 0.6 is 0 Å². The highest BCUT2D eigenvalue weighted by Gasteiger charge is 2.29. The van der Waals surface area contributed by atoms with Crippen LogP contribution in [0.25, 0.3) is 10.8 Å². The molecule has 1 N–H and O–H groups in total. The molecule has 12 heteroatoms. The number of hydrogen-bond donors (Lipinski definition) is 1. The Bertz CT molecular complexity index is 1600. The number of benzene rings is 2. The van der Waals surface area contributed by atoms with E-state index in [-0.39, 0.29) is 49.1 Å². The average molecular weight is 525 g/mol. The fraction of sp³-hybridized carbons (Fsp3) is 0.346. The lowest BCUT2D eigenvalue weighted by molar-refractivity contribution is 0.0694. The number of nitrogens with zero attached hydrogens (tertiary/aromatic N) is 5. The minimum atomic E-state index is -2.77. The average Bonchev–Trinajstić information content (AvgIpc) is 3.32. The summed E-state index contributed by atoms with van der Waals surface area (Å²) in [4.78, 5) is 26.9. The van der Waals surface area contributed by atoms with Crippen LogP contribution in [0.15, 0.2) is 41.2 Å². The second kappa shape index (κ2) is 9.58. The topological polar surface area (TPSA) is 106 Å². The monoisotopic (exact) mass is 524 g/mol. The van der Waals surface area contributed by atoms with Gasteiger partial charge in [0.15, 0.2) is 11.6 Å². The van der Waals surface area contributed by atoms with E-state index in [1.54, 1.807) is 24.3 Å². The molecule has 2 aliphatic rings. The van der Waals surface area contributed by atoms with Crippen LogP contribution in [0.2, 0.25) is 0 Å². The van der Waals surface area contributed by atoms with E-state index in [0.29, 0.717) is 27.8 Å². The number of nitrogens with one attached hydrogen (secondary N) is 1. The van der Waals surface area contributed by atoms with Crippen LogP contribution in [0.4, 0.5) is 13.2 Å². The highest BCUT2D eigenvalue weighted by Crippen LogP contribution is 2.29. The summed E-state index contributed by atoms with van der Waals surface area (Å²) in [5.74, 6) is -0.844. The number of aromatic amines is 1. The van der Waals surface area contributed by atoms with Crippen molar-refractivity contribution in [1.29, 1.82) is 0 Å². The molecule has 0 unspecified atom stereocenters. The predicted molar refractivity (Wildman–Crippen MR) is 130 cm³/mol. The standard InChI is InChI=1S/C26H23F3N6O3/c27-20-7-4-14(10-19(20)26(37)34-8-9-35-22(13-34)31-32-24(35)23(28)29)11-21-18-12-16(38-15-2-1-3-15)5-6-17(18)25(36)33-30-21/h4-7,10,12,15,23H,1-3,8-9,11,13H2,(H,33,36). The summed E-state index contributed by atoms with van der Waals surface area (Å²) in [5, 5.41) is 15.1. The molecule has 1 aliphatic heterocycles. The van der Waals surface area contributed by atoms with Gasteiger partial charge in [-0.05, 0) is 55.2 Å². The molecule has 1 aliphatic carbocycles. The number of alkyl halides is 2. The van der Waals surface area contributed by atoms with Crippen LogP contribution in [0.3, 0.4) is 0 Å². The maximum Gasteiger partial charge on any atom is 0.297 e. The first-order valence-corrected chi connectivity index (χ1v) is 12.3. The highest BCUT2D eigenvalue weighted by atomic mass is 19.3. The van der Waals surface area contributed by atoms with Crippen molar-refractivity contribution in [3.05, 3.63) is 81.0 Å². The van der Waals surface area contributed by atoms with E-state index < -0.39 is 24.0 Å². The number of fused-ring (bicyclic) bond motifs is 2. The third-order valence-electron chi connectivity index (χ3n) is 7.09. The van der Waals surface area contributed by atoms with Crippen molar-refractivity contribution in [2.45, 2.75) is 51.3 Å². The Hall–Kier alpha value is -4.22. The van der Waals surface area contributed by atoms with E-state index in [1.807, 2.05) is 0 Å². The van der Waals surface area contributed by atoms with Crippen LogP contribution in [0.1, 0.15) is 59.0 Å². The molecule has 38 heavy (non-hydrogen) atoms. The molecule has 0 atom stereocenters. The molecular formula is C26H23F3N6O3. The van der Waals surface area contributed by atoms with Crippen molar-refractivity contribution in [2.75, 3.05) is 6.54 Å². The van der Waals surface area contributed by atoms with Gasteiger partial charge in [0.05, 0.1) is 29.3 Å². The Kier molecular flexibility index (Phi) is 6.09. The van der Waals surface area contributed by atoms with E-state index in [1.165, 1.54) is 21.6 Å². The Labute approximate surface area is 214 Å². The largest absolute Gasteiger partial charge is 0.490 e. The minimum absolute atomic E-state index is 0.0574. The molecule has 196 valence electrons. The molecule has 1 fully saturated rings. The number of ether oxygens (including phenoxy) is 1. The van der Waals surface area contributed by atoms with Crippen molar-refractivity contribution in [3.63, 3.8) is 0 Å². The molecule has 2 aromatic heterocycles. The minimum Gasteiger partial charge on any atom is -0.490 e. The van der Waals surface area contributed by atoms with Gasteiger partial charge in [-0.25, -0.2) is 18.3 Å². The van der Waals surface area contributed by atoms with Crippen molar-refractivity contribution in [2.24, 2.45) is 0 Å². The van der Waals surface area contributed by atoms with Gasteiger partial charge < -0.3 is 14.2 Å². The lowest BCUT2D eigenvalue weighted by Crippen LogP contribution is -2.39. The summed E-state index contributed by atoms with van der Waals surface area (Å²) >= 11 is 0. The van der Waals surface area contributed by atoms with Gasteiger partial charge in [-0.15, -0.1) is 10.2 Å². The lowest BCUT2D eigenvalue weighted by atomic mass is 9.96. The van der Waals surface area contributed by atoms with Gasteiger partial charge in [0.1, 0.15) is 11.6 Å². The van der Waals surface area contributed by atoms with Gasteiger partial charge in [0.25, 0.3) is 17.9 Å². The maximum atomic E-state index is 14.8. The quantitative estimate of drug-likeness (QED) is 0.412. The number of carbonyl (C=O) groups excluding carboxylic acids is 1. The zero-order chi connectivity index (χ0) is 26.4. The highest BCUT2D eigenvalue weighted by molar-refractivity contribution is 5.94. The molecule has 6 rings (SSSR count). The zero-order valence-electron chi connectivity index (χ0n) is 20.2. The number of amides is 1. The number of H-pyrrole nitrogens is 1. The van der Waals surface area contributed by atoms with Crippen LogP contribution < -0.4 is 10.3 Å². The molecule has 9 nitrogen and oxygen atoms in total. The summed E-state index contributed by atoms with van der Waals surface area (Å²) < 4.78 is 48.3. The second-order valence-corrected chi connectivity index (χ2v) is 9.52. The summed E-state index contributed by atoms with van der Waals surface area (Å²) in [6.45, 7) is 0.148. The van der Waals surface area contributed by atoms with Gasteiger partial charge in [-0.3, -0.25) is 9.59 Å². The van der Waals surface area contributed by atoms with Gasteiger partial charge in [0, 0.05) is 24.9 Å². The predicted octanol–water partition coefficient (Wildman–Crippen LogP) is 3.77. The Morgan fingerprint density at radius 3 is 2.71 bits per heavy atom. The van der Waals surface area contributed by atoms with E-state index in [0.717, 1.165) is 19.3 Å². The molecule has 0 saturated heterocycles. The first-order chi connectivity index (χ1) is 18.4. The third kappa shape index (κ3) is 4.39. The van der Waals surface area contributed by atoms with Gasteiger partial charge in [-0.2, -0.15) is 5.10 Å². The maximum absolute atomic E-state index is 14.8. The summed E-state index contributed by atoms with van der Waals surface area (Å²) in [7, 11) is 0. The fourth-order valence-corrected chi connectivity index (χ4v) is 4.81. The fourth-order valence-electron chi connectivity index (χ4n) is 4.81. The van der Waals surface area contributed by atoms with Gasteiger partial charge >= 0.3 is 0 Å². The number of halogens is 3. The molecule has 1 amide bonds. The molecule has 1 saturated carbocycles. The van der Waals surface area contributed by atoms with Crippen molar-refractivity contribution >= 4 is 16.7 Å². The molecule has 3 heterocycles. The molecule has 4 aromatic rings. The first-order valence-electron chi connectivity index (χ1n) is 12.3. The normalized spacial score (nSPS) is 15.5. The van der Waals surface area contributed by atoms with Gasteiger partial charge in [-0.1, -0.05) is 6.07 Å². The van der Waals surface area contributed by atoms with Crippen LogP contribution in [0, 0.1) is 5.82 Å². The van der Waals surface area contributed by atoms with Crippen LogP contribution in [-0.2, 0) is 19.5 Å². The van der Waals surface area contributed by atoms with Crippen LogP contribution in [0.5, 0.6) is 5.75 Å². The van der Waals surface area contributed by atoms with E-state index in [9.17, 15) is 22.8 Å². The Morgan fingerprint density at radius 2 is 1.95 bits per heavy atom. The smallest absolute Gasteiger partial charge is 0.297 e. The van der Waals surface area contributed by atoms with E-state index in [2.05, 4.69) is 20.4 Å². The Balaban J connectivity index is 1.27. The van der Waals surface area contributed by atoms with Gasteiger partial charge in [0.2, 0.25) is 0 Å². The number of carbonyl (C=O) groups is 1. The molecule has 0 radical (unpaired) electrons. The Morgan fingerprint density at radius 1 is 1.11 bits per heavy atom. The lowest BCUT2D eigenvalue weighted by Gasteiger charge is -2.28. The SMILES string of the molecule is O=C(c1cc(Cc2n[nH]c(=O)c3ccc(OC4CCC4)cc23)ccc1F)N1CCn2c(nnc2C(F)F)C1. The number of rotatable bonds is 6. The van der Waals surface area contributed by atoms with Crippen LogP contribution in [-0.4, -0.2) is 48.4 Å². The summed E-state index contributed by atoms with van der Waals surface area (Å²) in [5.41, 5.74) is 0.685. The zero-order valence-corrected chi connectivity index (χ0v) is 20.2. The third-order valence-corrected chi connectivity index (χ3v) is 7.09. The van der Waals surface area contributed by atoms with Crippen molar-refractivity contribution < 1.29 is 22.7 Å². The molecule has 2 aromatic carbocycles. The number of hydrogen-bond acceptors (Lipinski definition) is 6. The van der Waals surface area contributed by atoms with E-state index >= 15 is 0 Å². The molecular weight excluding hydrogens is 501 g/mol.